The van der Waals surface area contributed by atoms with Gasteiger partial charge in [-0.15, -0.1) is 0 Å². The van der Waals surface area contributed by atoms with Crippen molar-refractivity contribution >= 4 is 33.6 Å². The number of anilines is 1. The van der Waals surface area contributed by atoms with Gasteiger partial charge in [0.25, 0.3) is 5.91 Å². The molecule has 0 saturated carbocycles. The molecule has 0 unspecified atom stereocenters. The predicted octanol–water partition coefficient (Wildman–Crippen LogP) is 4.32. The summed E-state index contributed by atoms with van der Waals surface area (Å²) in [6, 6.07) is 12.5. The summed E-state index contributed by atoms with van der Waals surface area (Å²) in [4.78, 5) is 12.2. The van der Waals surface area contributed by atoms with Gasteiger partial charge < -0.3 is 10.4 Å². The highest BCUT2D eigenvalue weighted by atomic mass is 79.9. The van der Waals surface area contributed by atoms with Crippen LogP contribution in [0.3, 0.4) is 0 Å². The number of hydrogen-bond acceptors (Lipinski definition) is 3. The number of halogens is 1. The van der Waals surface area contributed by atoms with Crippen LogP contribution >= 0.6 is 15.9 Å². The minimum absolute atomic E-state index is 0.00512. The molecule has 5 heteroatoms. The number of phenols is 1. The zero-order chi connectivity index (χ0) is 17.0. The number of carbonyl (C=O) groups is 1. The van der Waals surface area contributed by atoms with Crippen LogP contribution in [0.2, 0.25) is 0 Å². The molecule has 2 rings (SSSR count). The molecule has 23 heavy (non-hydrogen) atoms. The number of phenolic OH excluding ortho intramolecular Hbond substituents is 1. The van der Waals surface area contributed by atoms with Gasteiger partial charge in [-0.3, -0.25) is 4.79 Å². The molecule has 0 saturated heterocycles. The Morgan fingerprint density at radius 3 is 2.48 bits per heavy atom. The molecule has 0 atom stereocenters. The molecule has 2 N–H and O–H groups in total. The van der Waals surface area contributed by atoms with Crippen LogP contribution < -0.4 is 5.32 Å². The second kappa shape index (κ2) is 7.12. The highest BCUT2D eigenvalue weighted by Crippen LogP contribution is 2.24. The van der Waals surface area contributed by atoms with Crippen LogP contribution in [0.5, 0.6) is 5.75 Å². The van der Waals surface area contributed by atoms with E-state index in [2.05, 4.69) is 21.2 Å². The Labute approximate surface area is 143 Å². The Bertz CT molecular complexity index is 812. The molecule has 0 aliphatic carbocycles. The third-order valence-electron chi connectivity index (χ3n) is 3.27. The first-order valence-corrected chi connectivity index (χ1v) is 7.69. The first-order valence-electron chi connectivity index (χ1n) is 6.89. The van der Waals surface area contributed by atoms with Crippen LogP contribution in [0.1, 0.15) is 16.7 Å². The smallest absolute Gasteiger partial charge is 0.266 e. The number of nitrogens with zero attached hydrogens (tertiary/aromatic N) is 1. The summed E-state index contributed by atoms with van der Waals surface area (Å²) in [5, 5.41) is 21.7. The molecule has 2 aromatic rings. The number of amides is 1. The number of aromatic hydroxyl groups is 1. The maximum Gasteiger partial charge on any atom is 0.266 e. The predicted molar refractivity (Wildman–Crippen MR) is 93.9 cm³/mol. The van der Waals surface area contributed by atoms with E-state index in [9.17, 15) is 15.2 Å². The van der Waals surface area contributed by atoms with E-state index in [0.717, 1.165) is 4.47 Å². The lowest BCUT2D eigenvalue weighted by molar-refractivity contribution is -0.112. The van der Waals surface area contributed by atoms with E-state index in [1.807, 2.05) is 12.1 Å². The molecule has 0 heterocycles. The number of aryl methyl sites for hydroxylation is 2. The van der Waals surface area contributed by atoms with Crippen LogP contribution in [0.15, 0.2) is 46.4 Å². The number of rotatable bonds is 3. The van der Waals surface area contributed by atoms with Crippen LogP contribution in [0.4, 0.5) is 5.69 Å². The van der Waals surface area contributed by atoms with Crippen molar-refractivity contribution in [2.45, 2.75) is 13.8 Å². The lowest BCUT2D eigenvalue weighted by Crippen LogP contribution is -2.13. The Kier molecular flexibility index (Phi) is 5.20. The number of hydrogen-bond donors (Lipinski definition) is 2. The van der Waals surface area contributed by atoms with Crippen molar-refractivity contribution < 1.29 is 9.90 Å². The average molecular weight is 371 g/mol. The van der Waals surface area contributed by atoms with E-state index >= 15 is 0 Å². The van der Waals surface area contributed by atoms with E-state index in [4.69, 9.17) is 0 Å². The van der Waals surface area contributed by atoms with Gasteiger partial charge in [0, 0.05) is 10.2 Å². The fourth-order valence-corrected chi connectivity index (χ4v) is 2.55. The second-order valence-corrected chi connectivity index (χ2v) is 6.05. The Hall–Kier alpha value is -2.58. The summed E-state index contributed by atoms with van der Waals surface area (Å²) in [5.74, 6) is -0.256. The molecule has 4 nitrogen and oxygen atoms in total. The topological polar surface area (TPSA) is 73.1 Å². The monoisotopic (exact) mass is 370 g/mol. The minimum atomic E-state index is -0.478. The fourth-order valence-electron chi connectivity index (χ4n) is 2.15. The molecular weight excluding hydrogens is 356 g/mol. The van der Waals surface area contributed by atoms with Crippen molar-refractivity contribution in [2.75, 3.05) is 5.32 Å². The summed E-state index contributed by atoms with van der Waals surface area (Å²) in [6.07, 6.45) is 1.51. The molecular formula is C18H15BrN2O2. The van der Waals surface area contributed by atoms with E-state index in [1.165, 1.54) is 6.08 Å². The molecule has 0 fully saturated rings. The van der Waals surface area contributed by atoms with Gasteiger partial charge in [-0.05, 0) is 66.9 Å². The van der Waals surface area contributed by atoms with Gasteiger partial charge in [0.15, 0.2) is 0 Å². The molecule has 1 amide bonds. The van der Waals surface area contributed by atoms with Gasteiger partial charge in [-0.1, -0.05) is 22.0 Å². The summed E-state index contributed by atoms with van der Waals surface area (Å²) in [5.41, 5.74) is 2.68. The van der Waals surface area contributed by atoms with Gasteiger partial charge in [0.1, 0.15) is 17.4 Å². The van der Waals surface area contributed by atoms with Gasteiger partial charge in [-0.2, -0.15) is 5.26 Å². The molecule has 0 aliphatic heterocycles. The minimum Gasteiger partial charge on any atom is -0.507 e. The van der Waals surface area contributed by atoms with E-state index in [1.54, 1.807) is 44.2 Å². The Balaban J connectivity index is 2.28. The first-order chi connectivity index (χ1) is 10.9. The summed E-state index contributed by atoms with van der Waals surface area (Å²) in [7, 11) is 0. The van der Waals surface area contributed by atoms with E-state index in [0.29, 0.717) is 22.4 Å². The third-order valence-corrected chi connectivity index (χ3v) is 3.77. The lowest BCUT2D eigenvalue weighted by atomic mass is 10.0. The largest absolute Gasteiger partial charge is 0.507 e. The molecule has 0 radical (unpaired) electrons. The molecule has 0 aliphatic rings. The lowest BCUT2D eigenvalue weighted by Gasteiger charge is -2.07. The van der Waals surface area contributed by atoms with Crippen molar-refractivity contribution in [3.63, 3.8) is 0 Å². The van der Waals surface area contributed by atoms with Crippen LogP contribution in [0, 0.1) is 25.2 Å². The van der Waals surface area contributed by atoms with Gasteiger partial charge in [-0.25, -0.2) is 0 Å². The van der Waals surface area contributed by atoms with Gasteiger partial charge >= 0.3 is 0 Å². The van der Waals surface area contributed by atoms with Gasteiger partial charge in [0.2, 0.25) is 0 Å². The molecule has 116 valence electrons. The SMILES string of the molecule is Cc1cc(C=C(C#N)C(=O)Nc2cccc(Br)c2)cc(C)c1O. The van der Waals surface area contributed by atoms with Crippen molar-refractivity contribution in [3.05, 3.63) is 63.1 Å². The highest BCUT2D eigenvalue weighted by molar-refractivity contribution is 9.10. The molecule has 2 aromatic carbocycles. The van der Waals surface area contributed by atoms with Crippen molar-refractivity contribution in [2.24, 2.45) is 0 Å². The van der Waals surface area contributed by atoms with Crippen LogP contribution in [0.25, 0.3) is 6.08 Å². The number of nitrogens with one attached hydrogen (secondary N) is 1. The molecule has 0 spiro atoms. The average Bonchev–Trinajstić information content (AvgIpc) is 2.50. The number of benzene rings is 2. The second-order valence-electron chi connectivity index (χ2n) is 5.14. The molecule has 0 bridgehead atoms. The molecule has 0 aromatic heterocycles. The quantitative estimate of drug-likeness (QED) is 0.624. The maximum atomic E-state index is 12.2. The zero-order valence-electron chi connectivity index (χ0n) is 12.7. The van der Waals surface area contributed by atoms with E-state index < -0.39 is 5.91 Å². The third kappa shape index (κ3) is 4.21. The maximum absolute atomic E-state index is 12.2. The van der Waals surface area contributed by atoms with Crippen molar-refractivity contribution in [1.82, 2.24) is 0 Å². The highest BCUT2D eigenvalue weighted by Gasteiger charge is 2.11. The summed E-state index contributed by atoms with van der Waals surface area (Å²) in [6.45, 7) is 3.54. The van der Waals surface area contributed by atoms with Crippen LogP contribution in [-0.2, 0) is 4.79 Å². The van der Waals surface area contributed by atoms with Crippen LogP contribution in [-0.4, -0.2) is 11.0 Å². The standard InChI is InChI=1S/C18H15BrN2O2/c1-11-6-13(7-12(2)17(11)22)8-14(10-20)18(23)21-16-5-3-4-15(19)9-16/h3-9,22H,1-2H3,(H,21,23). The Morgan fingerprint density at radius 1 is 1.26 bits per heavy atom. The Morgan fingerprint density at radius 2 is 1.91 bits per heavy atom. The normalized spacial score (nSPS) is 11.0. The van der Waals surface area contributed by atoms with Gasteiger partial charge in [0.05, 0.1) is 0 Å². The number of nitriles is 1. The first kappa shape index (κ1) is 16.8. The van der Waals surface area contributed by atoms with Crippen molar-refractivity contribution in [1.29, 1.82) is 5.26 Å². The van der Waals surface area contributed by atoms with Crippen molar-refractivity contribution in [3.8, 4) is 11.8 Å². The van der Waals surface area contributed by atoms with E-state index in [-0.39, 0.29) is 11.3 Å². The fraction of sp³-hybridized carbons (Fsp3) is 0.111. The summed E-state index contributed by atoms with van der Waals surface area (Å²) >= 11 is 3.33. The zero-order valence-corrected chi connectivity index (χ0v) is 14.3. The summed E-state index contributed by atoms with van der Waals surface area (Å²) < 4.78 is 0.836. The number of carbonyl (C=O) groups excluding carboxylic acids is 1.